The van der Waals surface area contributed by atoms with E-state index in [4.69, 9.17) is 10.6 Å². The van der Waals surface area contributed by atoms with Gasteiger partial charge in [0.1, 0.15) is 0 Å². The maximum atomic E-state index is 5.87. The van der Waals surface area contributed by atoms with Gasteiger partial charge in [-0.15, -0.1) is 0 Å². The zero-order chi connectivity index (χ0) is 13.7. The van der Waals surface area contributed by atoms with Gasteiger partial charge in [-0.2, -0.15) is 0 Å². The number of hydrazine groups is 1. The maximum absolute atomic E-state index is 5.87. The number of benzene rings is 1. The average molecular weight is 263 g/mol. The lowest BCUT2D eigenvalue weighted by molar-refractivity contribution is -0.0393. The van der Waals surface area contributed by atoms with E-state index in [1.165, 1.54) is 11.1 Å². The van der Waals surface area contributed by atoms with Gasteiger partial charge in [-0.1, -0.05) is 37.6 Å². The summed E-state index contributed by atoms with van der Waals surface area (Å²) in [5.41, 5.74) is 5.51. The van der Waals surface area contributed by atoms with Crippen molar-refractivity contribution in [1.82, 2.24) is 10.3 Å². The molecule has 1 aromatic carbocycles. The van der Waals surface area contributed by atoms with E-state index in [1.807, 2.05) is 0 Å². The first kappa shape index (κ1) is 14.5. The Labute approximate surface area is 115 Å². The summed E-state index contributed by atoms with van der Waals surface area (Å²) in [7, 11) is 2.12. The second-order valence-corrected chi connectivity index (χ2v) is 5.31. The van der Waals surface area contributed by atoms with Crippen LogP contribution in [0.3, 0.4) is 0 Å². The van der Waals surface area contributed by atoms with Crippen LogP contribution in [0.1, 0.15) is 30.5 Å². The number of hydrogen-bond acceptors (Lipinski definition) is 4. The molecule has 0 aliphatic carbocycles. The van der Waals surface area contributed by atoms with Crippen molar-refractivity contribution in [3.05, 3.63) is 35.4 Å². The molecule has 106 valence electrons. The fraction of sp³-hybridized carbons (Fsp3) is 0.600. The molecule has 0 aromatic heterocycles. The molecule has 2 unspecified atom stereocenters. The molecule has 0 bridgehead atoms. The fourth-order valence-electron chi connectivity index (χ4n) is 2.66. The van der Waals surface area contributed by atoms with Crippen LogP contribution >= 0.6 is 0 Å². The largest absolute Gasteiger partial charge is 0.374 e. The molecule has 1 aliphatic rings. The molecule has 1 aliphatic heterocycles. The number of hydrogen-bond donors (Lipinski definition) is 2. The Balaban J connectivity index is 2.13. The second kappa shape index (κ2) is 7.01. The minimum atomic E-state index is 0.0551. The summed E-state index contributed by atoms with van der Waals surface area (Å²) in [5.74, 6) is 5.76. The summed E-state index contributed by atoms with van der Waals surface area (Å²) in [4.78, 5) is 2.29. The van der Waals surface area contributed by atoms with Gasteiger partial charge < -0.3 is 9.64 Å². The highest BCUT2D eigenvalue weighted by atomic mass is 16.5. The van der Waals surface area contributed by atoms with Crippen LogP contribution < -0.4 is 11.3 Å². The molecule has 2 atom stereocenters. The van der Waals surface area contributed by atoms with Crippen LogP contribution in [0.25, 0.3) is 0 Å². The van der Waals surface area contributed by atoms with Gasteiger partial charge in [0, 0.05) is 13.1 Å². The molecule has 1 fully saturated rings. The standard InChI is InChI=1S/C15H25N3O/c1-3-5-12-6-4-7-13(10-12)15(17-16)14-11-18(2)8-9-19-14/h4,6-7,10,14-15,17H,3,5,8-9,11,16H2,1-2H3. The summed E-state index contributed by atoms with van der Waals surface area (Å²) in [6.07, 6.45) is 2.38. The van der Waals surface area contributed by atoms with Gasteiger partial charge in [-0.05, 0) is 24.6 Å². The summed E-state index contributed by atoms with van der Waals surface area (Å²) < 4.78 is 5.87. The molecular weight excluding hydrogens is 238 g/mol. The molecule has 0 amide bonds. The van der Waals surface area contributed by atoms with Gasteiger partial charge in [-0.3, -0.25) is 11.3 Å². The molecule has 0 radical (unpaired) electrons. The Morgan fingerprint density at radius 1 is 1.53 bits per heavy atom. The predicted molar refractivity (Wildman–Crippen MR) is 77.7 cm³/mol. The van der Waals surface area contributed by atoms with E-state index in [2.05, 4.69) is 48.6 Å². The van der Waals surface area contributed by atoms with E-state index in [0.29, 0.717) is 0 Å². The molecule has 1 heterocycles. The Bertz CT molecular complexity index is 397. The number of morpholine rings is 1. The highest BCUT2D eigenvalue weighted by Gasteiger charge is 2.27. The van der Waals surface area contributed by atoms with E-state index in [1.54, 1.807) is 0 Å². The molecule has 1 saturated heterocycles. The smallest absolute Gasteiger partial charge is 0.0909 e. The third kappa shape index (κ3) is 3.76. The molecule has 2 rings (SSSR count). The molecular formula is C15H25N3O. The van der Waals surface area contributed by atoms with Crippen molar-refractivity contribution >= 4 is 0 Å². The molecule has 0 saturated carbocycles. The number of aryl methyl sites for hydroxylation is 1. The Morgan fingerprint density at radius 2 is 2.37 bits per heavy atom. The first-order valence-corrected chi connectivity index (χ1v) is 7.09. The van der Waals surface area contributed by atoms with Crippen molar-refractivity contribution in [3.8, 4) is 0 Å². The zero-order valence-corrected chi connectivity index (χ0v) is 11.9. The maximum Gasteiger partial charge on any atom is 0.0909 e. The quantitative estimate of drug-likeness (QED) is 0.624. The average Bonchev–Trinajstić information content (AvgIpc) is 2.41. The topological polar surface area (TPSA) is 50.5 Å². The van der Waals surface area contributed by atoms with E-state index in [9.17, 15) is 0 Å². The van der Waals surface area contributed by atoms with Gasteiger partial charge in [0.25, 0.3) is 0 Å². The number of ether oxygens (including phenoxy) is 1. The van der Waals surface area contributed by atoms with E-state index >= 15 is 0 Å². The van der Waals surface area contributed by atoms with E-state index < -0.39 is 0 Å². The molecule has 0 spiro atoms. The summed E-state index contributed by atoms with van der Waals surface area (Å²) in [6.45, 7) is 4.87. The molecule has 19 heavy (non-hydrogen) atoms. The van der Waals surface area contributed by atoms with Crippen LogP contribution in [0.15, 0.2) is 24.3 Å². The van der Waals surface area contributed by atoms with Gasteiger partial charge in [0.15, 0.2) is 0 Å². The Hall–Kier alpha value is -0.940. The van der Waals surface area contributed by atoms with Crippen molar-refractivity contribution in [2.75, 3.05) is 26.7 Å². The zero-order valence-electron chi connectivity index (χ0n) is 11.9. The highest BCUT2D eigenvalue weighted by Crippen LogP contribution is 2.22. The van der Waals surface area contributed by atoms with Gasteiger partial charge >= 0.3 is 0 Å². The predicted octanol–water partition coefficient (Wildman–Crippen LogP) is 1.47. The normalized spacial score (nSPS) is 22.4. The van der Waals surface area contributed by atoms with Gasteiger partial charge in [0.2, 0.25) is 0 Å². The Kier molecular flexibility index (Phi) is 5.34. The first-order valence-electron chi connectivity index (χ1n) is 7.09. The van der Waals surface area contributed by atoms with Crippen molar-refractivity contribution in [2.24, 2.45) is 5.84 Å². The van der Waals surface area contributed by atoms with Crippen molar-refractivity contribution < 1.29 is 4.74 Å². The highest BCUT2D eigenvalue weighted by molar-refractivity contribution is 5.27. The lowest BCUT2D eigenvalue weighted by Crippen LogP contribution is -2.48. The third-order valence-electron chi connectivity index (χ3n) is 3.70. The SMILES string of the molecule is CCCc1cccc(C(NN)C2CN(C)CCO2)c1. The second-order valence-electron chi connectivity index (χ2n) is 5.31. The first-order chi connectivity index (χ1) is 9.24. The van der Waals surface area contributed by atoms with Gasteiger partial charge in [0.05, 0.1) is 18.8 Å². The minimum Gasteiger partial charge on any atom is -0.374 e. The summed E-state index contributed by atoms with van der Waals surface area (Å²) in [5, 5.41) is 0. The minimum absolute atomic E-state index is 0.0551. The number of likely N-dealkylation sites (N-methyl/N-ethyl adjacent to an activating group) is 1. The molecule has 4 heteroatoms. The van der Waals surface area contributed by atoms with Crippen molar-refractivity contribution in [2.45, 2.75) is 31.9 Å². The van der Waals surface area contributed by atoms with Crippen molar-refractivity contribution in [1.29, 1.82) is 0 Å². The van der Waals surface area contributed by atoms with Gasteiger partial charge in [-0.25, -0.2) is 0 Å². The van der Waals surface area contributed by atoms with Crippen LogP contribution in [0.4, 0.5) is 0 Å². The van der Waals surface area contributed by atoms with Crippen LogP contribution in [0.2, 0.25) is 0 Å². The Morgan fingerprint density at radius 3 is 3.05 bits per heavy atom. The van der Waals surface area contributed by atoms with Crippen LogP contribution in [0, 0.1) is 0 Å². The third-order valence-corrected chi connectivity index (χ3v) is 3.70. The van der Waals surface area contributed by atoms with E-state index in [-0.39, 0.29) is 12.1 Å². The van der Waals surface area contributed by atoms with Crippen LogP contribution in [-0.4, -0.2) is 37.7 Å². The summed E-state index contributed by atoms with van der Waals surface area (Å²) >= 11 is 0. The molecule has 1 aromatic rings. The van der Waals surface area contributed by atoms with Crippen LogP contribution in [-0.2, 0) is 11.2 Å². The number of nitrogens with two attached hydrogens (primary N) is 1. The number of nitrogens with zero attached hydrogens (tertiary/aromatic N) is 1. The monoisotopic (exact) mass is 263 g/mol. The van der Waals surface area contributed by atoms with E-state index in [0.717, 1.165) is 32.5 Å². The lowest BCUT2D eigenvalue weighted by atomic mass is 9.97. The van der Waals surface area contributed by atoms with Crippen LogP contribution in [0.5, 0.6) is 0 Å². The fourth-order valence-corrected chi connectivity index (χ4v) is 2.66. The van der Waals surface area contributed by atoms with Crippen molar-refractivity contribution in [3.63, 3.8) is 0 Å². The summed E-state index contributed by atoms with van der Waals surface area (Å²) in [6, 6.07) is 8.71. The molecule has 4 nitrogen and oxygen atoms in total. The molecule has 3 N–H and O–H groups in total. The number of rotatable bonds is 5. The number of nitrogens with one attached hydrogen (secondary N) is 1. The lowest BCUT2D eigenvalue weighted by Gasteiger charge is -2.35.